The molecule has 0 fully saturated rings. The molecular formula is C8H6Br2N2S2. The highest BCUT2D eigenvalue weighted by Crippen LogP contribution is 2.39. The SMILES string of the molecule is NCc1csc(-c2cc(Br)c(Br)s2)n1. The second-order valence-corrected chi connectivity index (χ2v) is 6.66. The number of rotatable bonds is 2. The van der Waals surface area contributed by atoms with E-state index in [1.807, 2.05) is 5.38 Å². The lowest BCUT2D eigenvalue weighted by atomic mass is 10.4. The lowest BCUT2D eigenvalue weighted by Gasteiger charge is -1.87. The minimum atomic E-state index is 0.504. The smallest absolute Gasteiger partial charge is 0.133 e. The molecule has 74 valence electrons. The summed E-state index contributed by atoms with van der Waals surface area (Å²) in [5.74, 6) is 0. The Morgan fingerprint density at radius 3 is 2.71 bits per heavy atom. The first-order valence-electron chi connectivity index (χ1n) is 3.80. The number of hydrogen-bond acceptors (Lipinski definition) is 4. The first-order chi connectivity index (χ1) is 6.70. The molecule has 0 amide bonds. The van der Waals surface area contributed by atoms with E-state index in [0.29, 0.717) is 6.54 Å². The molecule has 0 aliphatic heterocycles. The third kappa shape index (κ3) is 2.09. The van der Waals surface area contributed by atoms with Crippen molar-refractivity contribution in [3.8, 4) is 9.88 Å². The quantitative estimate of drug-likeness (QED) is 0.890. The Kier molecular flexibility index (Phi) is 3.38. The molecule has 14 heavy (non-hydrogen) atoms. The van der Waals surface area contributed by atoms with Gasteiger partial charge in [0.15, 0.2) is 0 Å². The van der Waals surface area contributed by atoms with Crippen molar-refractivity contribution in [1.29, 1.82) is 0 Å². The van der Waals surface area contributed by atoms with Crippen LogP contribution in [0.5, 0.6) is 0 Å². The number of hydrogen-bond donors (Lipinski definition) is 1. The second-order valence-electron chi connectivity index (χ2n) is 2.58. The lowest BCUT2D eigenvalue weighted by Crippen LogP contribution is -1.95. The summed E-state index contributed by atoms with van der Waals surface area (Å²) in [5, 5.41) is 3.03. The van der Waals surface area contributed by atoms with Gasteiger partial charge in [-0.1, -0.05) is 0 Å². The Bertz CT molecular complexity index is 430. The predicted octanol–water partition coefficient (Wildman–Crippen LogP) is 3.86. The number of halogens is 2. The second kappa shape index (κ2) is 4.40. The molecule has 0 bridgehead atoms. The molecule has 2 N–H and O–H groups in total. The van der Waals surface area contributed by atoms with E-state index in [9.17, 15) is 0 Å². The van der Waals surface area contributed by atoms with Gasteiger partial charge in [0.2, 0.25) is 0 Å². The van der Waals surface area contributed by atoms with Crippen LogP contribution in [0, 0.1) is 0 Å². The largest absolute Gasteiger partial charge is 0.325 e. The fourth-order valence-corrected chi connectivity index (χ4v) is 3.90. The minimum absolute atomic E-state index is 0.504. The van der Waals surface area contributed by atoms with Gasteiger partial charge in [0.25, 0.3) is 0 Å². The van der Waals surface area contributed by atoms with Crippen molar-refractivity contribution >= 4 is 54.5 Å². The molecule has 2 rings (SSSR count). The van der Waals surface area contributed by atoms with Crippen molar-refractivity contribution < 1.29 is 0 Å². The van der Waals surface area contributed by atoms with E-state index in [2.05, 4.69) is 42.9 Å². The molecule has 2 nitrogen and oxygen atoms in total. The first-order valence-corrected chi connectivity index (χ1v) is 7.08. The van der Waals surface area contributed by atoms with Crippen molar-refractivity contribution in [3.63, 3.8) is 0 Å². The average molecular weight is 354 g/mol. The summed E-state index contributed by atoms with van der Waals surface area (Å²) in [4.78, 5) is 5.58. The van der Waals surface area contributed by atoms with Crippen LogP contribution in [0.15, 0.2) is 19.7 Å². The summed E-state index contributed by atoms with van der Waals surface area (Å²) in [7, 11) is 0. The van der Waals surface area contributed by atoms with Crippen molar-refractivity contribution in [2.75, 3.05) is 0 Å². The summed E-state index contributed by atoms with van der Waals surface area (Å²) in [5.41, 5.74) is 6.46. The van der Waals surface area contributed by atoms with Crippen molar-refractivity contribution in [1.82, 2.24) is 4.98 Å². The highest BCUT2D eigenvalue weighted by Gasteiger charge is 2.09. The van der Waals surface area contributed by atoms with Crippen LogP contribution < -0.4 is 5.73 Å². The van der Waals surface area contributed by atoms with Crippen LogP contribution in [-0.2, 0) is 6.54 Å². The summed E-state index contributed by atoms with van der Waals surface area (Å²) >= 11 is 10.2. The van der Waals surface area contributed by atoms with Gasteiger partial charge in [-0.25, -0.2) is 4.98 Å². The normalized spacial score (nSPS) is 10.8. The topological polar surface area (TPSA) is 38.9 Å². The maximum Gasteiger partial charge on any atom is 0.133 e. The van der Waals surface area contributed by atoms with Crippen LogP contribution >= 0.6 is 54.5 Å². The molecule has 0 aliphatic carbocycles. The molecule has 0 saturated heterocycles. The highest BCUT2D eigenvalue weighted by molar-refractivity contribution is 9.13. The predicted molar refractivity (Wildman–Crippen MR) is 68.7 cm³/mol. The molecular weight excluding hydrogens is 348 g/mol. The number of thiophene rings is 1. The third-order valence-electron chi connectivity index (χ3n) is 1.62. The van der Waals surface area contributed by atoms with Crippen LogP contribution in [-0.4, -0.2) is 4.98 Å². The molecule has 0 unspecified atom stereocenters. The fraction of sp³-hybridized carbons (Fsp3) is 0.125. The van der Waals surface area contributed by atoms with Crippen LogP contribution in [0.3, 0.4) is 0 Å². The fourth-order valence-electron chi connectivity index (χ4n) is 0.966. The maximum absolute atomic E-state index is 5.51. The van der Waals surface area contributed by atoms with Crippen molar-refractivity contribution in [2.24, 2.45) is 5.73 Å². The molecule has 0 aromatic carbocycles. The molecule has 0 saturated carbocycles. The standard InChI is InChI=1S/C8H6Br2N2S2/c9-5-1-6(14-7(5)10)8-12-4(2-11)3-13-8/h1,3H,2,11H2. The zero-order valence-corrected chi connectivity index (χ0v) is 11.8. The van der Waals surface area contributed by atoms with E-state index < -0.39 is 0 Å². The van der Waals surface area contributed by atoms with E-state index >= 15 is 0 Å². The third-order valence-corrected chi connectivity index (χ3v) is 5.93. The van der Waals surface area contributed by atoms with E-state index in [4.69, 9.17) is 5.73 Å². The number of thiazole rings is 1. The van der Waals surface area contributed by atoms with Crippen molar-refractivity contribution in [3.05, 3.63) is 25.4 Å². The first kappa shape index (κ1) is 10.8. The summed E-state index contributed by atoms with van der Waals surface area (Å²) in [6.07, 6.45) is 0. The van der Waals surface area contributed by atoms with Gasteiger partial charge in [-0.05, 0) is 37.9 Å². The molecule has 0 radical (unpaired) electrons. The van der Waals surface area contributed by atoms with Gasteiger partial charge in [0.05, 0.1) is 14.4 Å². The number of nitrogens with zero attached hydrogens (tertiary/aromatic N) is 1. The van der Waals surface area contributed by atoms with Gasteiger partial charge in [0, 0.05) is 16.4 Å². The van der Waals surface area contributed by atoms with Gasteiger partial charge < -0.3 is 5.73 Å². The van der Waals surface area contributed by atoms with Crippen LogP contribution in [0.2, 0.25) is 0 Å². The van der Waals surface area contributed by atoms with E-state index in [-0.39, 0.29) is 0 Å². The zero-order chi connectivity index (χ0) is 10.1. The van der Waals surface area contributed by atoms with Crippen LogP contribution in [0.1, 0.15) is 5.69 Å². The van der Waals surface area contributed by atoms with Gasteiger partial charge in [-0.3, -0.25) is 0 Å². The molecule has 2 aromatic heterocycles. The number of aromatic nitrogens is 1. The van der Waals surface area contributed by atoms with Crippen molar-refractivity contribution in [2.45, 2.75) is 6.54 Å². The Balaban J connectivity index is 2.39. The highest BCUT2D eigenvalue weighted by atomic mass is 79.9. The molecule has 0 aliphatic rings. The van der Waals surface area contributed by atoms with E-state index in [1.54, 1.807) is 22.7 Å². The molecule has 6 heteroatoms. The van der Waals surface area contributed by atoms with E-state index in [1.165, 1.54) is 0 Å². The number of nitrogens with two attached hydrogens (primary N) is 1. The Labute approximate surface area is 106 Å². The molecule has 0 atom stereocenters. The van der Waals surface area contributed by atoms with E-state index in [0.717, 1.165) is 23.8 Å². The van der Waals surface area contributed by atoms with Gasteiger partial charge >= 0.3 is 0 Å². The minimum Gasteiger partial charge on any atom is -0.325 e. The zero-order valence-electron chi connectivity index (χ0n) is 6.96. The van der Waals surface area contributed by atoms with Gasteiger partial charge in [-0.15, -0.1) is 22.7 Å². The Hall–Kier alpha value is 0.250. The van der Waals surface area contributed by atoms with Gasteiger partial charge in [0.1, 0.15) is 5.01 Å². The van der Waals surface area contributed by atoms with Crippen LogP contribution in [0.25, 0.3) is 9.88 Å². The average Bonchev–Trinajstić information content (AvgIpc) is 2.74. The summed E-state index contributed by atoms with van der Waals surface area (Å²) in [6, 6.07) is 2.06. The molecule has 2 aromatic rings. The lowest BCUT2D eigenvalue weighted by molar-refractivity contribution is 1.01. The molecule has 0 spiro atoms. The molecule has 2 heterocycles. The Morgan fingerprint density at radius 1 is 1.43 bits per heavy atom. The van der Waals surface area contributed by atoms with Crippen LogP contribution in [0.4, 0.5) is 0 Å². The Morgan fingerprint density at radius 2 is 2.21 bits per heavy atom. The van der Waals surface area contributed by atoms with Gasteiger partial charge in [-0.2, -0.15) is 0 Å². The summed E-state index contributed by atoms with van der Waals surface area (Å²) in [6.45, 7) is 0.504. The maximum atomic E-state index is 5.51. The monoisotopic (exact) mass is 352 g/mol. The summed E-state index contributed by atoms with van der Waals surface area (Å²) < 4.78 is 2.17.